The summed E-state index contributed by atoms with van der Waals surface area (Å²) in [6.07, 6.45) is 17.2. The van der Waals surface area contributed by atoms with Crippen LogP contribution in [0, 0.1) is 0 Å². The molecule has 7 nitrogen and oxygen atoms in total. The Labute approximate surface area is 196 Å². The van der Waals surface area contributed by atoms with E-state index in [0.717, 1.165) is 34.8 Å². The molecule has 0 unspecified atom stereocenters. The molecule has 0 spiro atoms. The molecular formula is C26H33N5O2. The number of likely N-dealkylation sites (N-methyl/N-ethyl adjacent to an activating group) is 1. The molecule has 0 radical (unpaired) electrons. The van der Waals surface area contributed by atoms with Gasteiger partial charge in [0.05, 0.1) is 18.4 Å². The van der Waals surface area contributed by atoms with Gasteiger partial charge < -0.3 is 19.9 Å². The van der Waals surface area contributed by atoms with Crippen LogP contribution in [0.4, 0.5) is 0 Å². The minimum Gasteiger partial charge on any atom is -0.501 e. The lowest BCUT2D eigenvalue weighted by Crippen LogP contribution is -2.16. The van der Waals surface area contributed by atoms with Gasteiger partial charge in [0.15, 0.2) is 5.65 Å². The highest BCUT2D eigenvalue weighted by molar-refractivity contribution is 5.78. The zero-order chi connectivity index (χ0) is 24.1. The second-order valence-corrected chi connectivity index (χ2v) is 7.68. The Balaban J connectivity index is 1.83. The molecule has 33 heavy (non-hydrogen) atoms. The molecule has 2 aromatic rings. The summed E-state index contributed by atoms with van der Waals surface area (Å²) in [7, 11) is 5.64. The first-order chi connectivity index (χ1) is 15.9. The zero-order valence-electron chi connectivity index (χ0n) is 19.8. The number of allylic oxidation sites excluding steroid dienone is 8. The van der Waals surface area contributed by atoms with Crippen LogP contribution in [0.3, 0.4) is 0 Å². The predicted molar refractivity (Wildman–Crippen MR) is 135 cm³/mol. The lowest BCUT2D eigenvalue weighted by molar-refractivity contribution is -0.119. The number of amides is 1. The third kappa shape index (κ3) is 9.13. The monoisotopic (exact) mass is 447 g/mol. The van der Waals surface area contributed by atoms with Gasteiger partial charge in [-0.05, 0) is 56.5 Å². The van der Waals surface area contributed by atoms with Crippen LogP contribution in [0.2, 0.25) is 0 Å². The Hall–Kier alpha value is -3.71. The average molecular weight is 448 g/mol. The summed E-state index contributed by atoms with van der Waals surface area (Å²) in [4.78, 5) is 26.1. The van der Waals surface area contributed by atoms with E-state index in [1.165, 1.54) is 0 Å². The number of aromatic nitrogens is 3. The smallest absolute Gasteiger partial charge is 0.227 e. The van der Waals surface area contributed by atoms with Gasteiger partial charge in [-0.25, -0.2) is 9.97 Å². The fraction of sp³-hybridized carbons (Fsp3) is 0.269. The van der Waals surface area contributed by atoms with Gasteiger partial charge in [-0.2, -0.15) is 0 Å². The van der Waals surface area contributed by atoms with Crippen LogP contribution in [0.25, 0.3) is 16.7 Å². The molecule has 0 atom stereocenters. The first-order valence-corrected chi connectivity index (χ1v) is 10.7. The number of ether oxygens (including phenoxy) is 1. The molecule has 0 aromatic carbocycles. The molecular weight excluding hydrogens is 414 g/mol. The molecule has 0 aliphatic heterocycles. The average Bonchev–Trinajstić information content (AvgIpc) is 3.23. The third-order valence-electron chi connectivity index (χ3n) is 4.59. The van der Waals surface area contributed by atoms with Gasteiger partial charge in [0.1, 0.15) is 5.82 Å². The number of rotatable bonds is 12. The molecule has 1 amide bonds. The van der Waals surface area contributed by atoms with Crippen molar-refractivity contribution in [2.75, 3.05) is 27.7 Å². The van der Waals surface area contributed by atoms with Gasteiger partial charge in [-0.1, -0.05) is 37.0 Å². The van der Waals surface area contributed by atoms with E-state index in [2.05, 4.69) is 31.7 Å². The highest BCUT2D eigenvalue weighted by Gasteiger charge is 2.06. The summed E-state index contributed by atoms with van der Waals surface area (Å²) in [5.41, 5.74) is 3.75. The van der Waals surface area contributed by atoms with Crippen LogP contribution in [-0.4, -0.2) is 53.5 Å². The number of methoxy groups -OCH3 is 1. The molecule has 0 aliphatic carbocycles. The topological polar surface area (TPSA) is 83.1 Å². The maximum Gasteiger partial charge on any atom is 0.227 e. The number of carbonyl (C=O) groups is 1. The van der Waals surface area contributed by atoms with Crippen LogP contribution >= 0.6 is 0 Å². The van der Waals surface area contributed by atoms with Crippen molar-refractivity contribution >= 4 is 22.6 Å². The zero-order valence-corrected chi connectivity index (χ0v) is 19.8. The van der Waals surface area contributed by atoms with E-state index >= 15 is 0 Å². The number of aromatic amines is 1. The number of hydrogen-bond acceptors (Lipinski definition) is 5. The van der Waals surface area contributed by atoms with E-state index in [1.807, 2.05) is 57.5 Å². The maximum absolute atomic E-state index is 12.1. The molecule has 7 heteroatoms. The van der Waals surface area contributed by atoms with Crippen molar-refractivity contribution in [3.05, 3.63) is 90.8 Å². The fourth-order valence-electron chi connectivity index (χ4n) is 3.03. The standard InChI is InChI=1S/C26H33N5O2/c1-6-11-21(19-31(3)4)18-22(33-5)14-15-24(32)27-16-9-7-8-12-20(2)25-29-23-13-10-17-28-26(23)30-25/h6-14,16-17H,1,15,18-19H2,2-5H3,(H,27,32)(H,28,29,30)/b8-7-,16-9+,20-12+,21-11+,22-14+. The number of hydrogen-bond donors (Lipinski definition) is 2. The number of carbonyl (C=O) groups excluding carboxylic acids is 1. The van der Waals surface area contributed by atoms with E-state index in [-0.39, 0.29) is 12.3 Å². The van der Waals surface area contributed by atoms with E-state index in [0.29, 0.717) is 12.1 Å². The lowest BCUT2D eigenvalue weighted by atomic mass is 10.1. The van der Waals surface area contributed by atoms with Gasteiger partial charge in [-0.15, -0.1) is 0 Å². The van der Waals surface area contributed by atoms with E-state index in [4.69, 9.17) is 4.74 Å². The summed E-state index contributed by atoms with van der Waals surface area (Å²) in [6.45, 7) is 6.54. The van der Waals surface area contributed by atoms with Crippen molar-refractivity contribution in [1.29, 1.82) is 0 Å². The largest absolute Gasteiger partial charge is 0.501 e. The minimum atomic E-state index is -0.113. The first kappa shape index (κ1) is 25.5. The number of imidazole rings is 1. The molecule has 0 fully saturated rings. The number of nitrogens with zero attached hydrogens (tertiary/aromatic N) is 3. The van der Waals surface area contributed by atoms with E-state index in [1.54, 1.807) is 37.7 Å². The molecule has 2 rings (SSSR count). The molecule has 2 heterocycles. The number of fused-ring (bicyclic) bond motifs is 1. The quantitative estimate of drug-likeness (QED) is 0.369. The highest BCUT2D eigenvalue weighted by atomic mass is 16.5. The van der Waals surface area contributed by atoms with E-state index < -0.39 is 0 Å². The van der Waals surface area contributed by atoms with Gasteiger partial charge in [0.25, 0.3) is 0 Å². The van der Waals surface area contributed by atoms with Crippen molar-refractivity contribution in [3.63, 3.8) is 0 Å². The molecule has 0 saturated heterocycles. The van der Waals surface area contributed by atoms with Gasteiger partial charge in [-0.3, -0.25) is 4.79 Å². The molecule has 0 aliphatic rings. The normalized spacial score (nSPS) is 13.4. The number of pyridine rings is 1. The van der Waals surface area contributed by atoms with Gasteiger partial charge in [0.2, 0.25) is 5.91 Å². The SMILES string of the molecule is C=C/C=C(\C/C(=C\CC(=O)N/C=C/C=C\C=C(/C)c1nc2ncccc2[nH]1)OC)CN(C)C. The third-order valence-corrected chi connectivity index (χ3v) is 4.59. The predicted octanol–water partition coefficient (Wildman–Crippen LogP) is 4.53. The van der Waals surface area contributed by atoms with Crippen molar-refractivity contribution in [2.45, 2.75) is 19.8 Å². The number of H-pyrrole nitrogens is 1. The summed E-state index contributed by atoms with van der Waals surface area (Å²) in [6, 6.07) is 3.81. The Morgan fingerprint density at radius 2 is 2.09 bits per heavy atom. The van der Waals surface area contributed by atoms with Crippen LogP contribution < -0.4 is 5.32 Å². The van der Waals surface area contributed by atoms with Gasteiger partial charge >= 0.3 is 0 Å². The fourth-order valence-corrected chi connectivity index (χ4v) is 3.03. The minimum absolute atomic E-state index is 0.113. The van der Waals surface area contributed by atoms with Crippen molar-refractivity contribution < 1.29 is 9.53 Å². The van der Waals surface area contributed by atoms with Crippen molar-refractivity contribution in [3.8, 4) is 0 Å². The van der Waals surface area contributed by atoms with Crippen molar-refractivity contribution in [1.82, 2.24) is 25.2 Å². The summed E-state index contributed by atoms with van der Waals surface area (Å²) in [5, 5.41) is 2.75. The van der Waals surface area contributed by atoms with Crippen LogP contribution in [0.5, 0.6) is 0 Å². The summed E-state index contributed by atoms with van der Waals surface area (Å²) < 4.78 is 5.44. The first-order valence-electron chi connectivity index (χ1n) is 10.7. The summed E-state index contributed by atoms with van der Waals surface area (Å²) >= 11 is 0. The molecule has 2 N–H and O–H groups in total. The second kappa shape index (κ2) is 13.6. The molecule has 0 saturated carbocycles. The van der Waals surface area contributed by atoms with E-state index in [9.17, 15) is 4.79 Å². The van der Waals surface area contributed by atoms with Crippen molar-refractivity contribution in [2.24, 2.45) is 0 Å². The molecule has 2 aromatic heterocycles. The highest BCUT2D eigenvalue weighted by Crippen LogP contribution is 2.15. The Morgan fingerprint density at radius 3 is 2.79 bits per heavy atom. The maximum atomic E-state index is 12.1. The second-order valence-electron chi connectivity index (χ2n) is 7.68. The lowest BCUT2D eigenvalue weighted by Gasteiger charge is -2.14. The Bertz CT molecular complexity index is 1050. The molecule has 174 valence electrons. The molecule has 0 bridgehead atoms. The Kier molecular flexibility index (Phi) is 10.6. The van der Waals surface area contributed by atoms with Crippen LogP contribution in [0.1, 0.15) is 25.6 Å². The Morgan fingerprint density at radius 1 is 1.27 bits per heavy atom. The van der Waals surface area contributed by atoms with Crippen LogP contribution in [-0.2, 0) is 9.53 Å². The summed E-state index contributed by atoms with van der Waals surface area (Å²) in [5.74, 6) is 1.42. The number of nitrogens with one attached hydrogen (secondary N) is 2. The van der Waals surface area contributed by atoms with Crippen LogP contribution in [0.15, 0.2) is 85.0 Å². The van der Waals surface area contributed by atoms with Gasteiger partial charge in [0, 0.05) is 31.8 Å².